The summed E-state index contributed by atoms with van der Waals surface area (Å²) in [4.78, 5) is 23.6. The van der Waals surface area contributed by atoms with E-state index >= 15 is 0 Å². The molecule has 0 atom stereocenters. The average molecular weight is 593 g/mol. The van der Waals surface area contributed by atoms with E-state index in [0.717, 1.165) is 59.2 Å². The number of aryl methyl sites for hydroxylation is 1. The maximum absolute atomic E-state index is 12.0. The molecule has 0 spiro atoms. The highest BCUT2D eigenvalue weighted by Gasteiger charge is 2.13. The molecule has 0 saturated carbocycles. The molecular weight excluding hydrogens is 550 g/mol. The summed E-state index contributed by atoms with van der Waals surface area (Å²) in [5, 5.41) is 0. The monoisotopic (exact) mass is 591 g/mol. The van der Waals surface area contributed by atoms with Crippen molar-refractivity contribution in [2.75, 3.05) is 26.4 Å². The summed E-state index contributed by atoms with van der Waals surface area (Å²) in [6.07, 6.45) is 6.84. The number of carbonyl (C=O) groups is 2. The second kappa shape index (κ2) is 18.6. The van der Waals surface area contributed by atoms with Crippen LogP contribution in [0.5, 0.6) is 11.5 Å². The van der Waals surface area contributed by atoms with Crippen molar-refractivity contribution in [3.8, 4) is 11.5 Å². The Balaban J connectivity index is 1.85. The molecule has 0 fully saturated rings. The Morgan fingerprint density at radius 3 is 2.26 bits per heavy atom. The van der Waals surface area contributed by atoms with Gasteiger partial charge in [-0.3, -0.25) is 9.59 Å². The molecule has 2 rings (SSSR count). The van der Waals surface area contributed by atoms with Crippen molar-refractivity contribution in [3.05, 3.63) is 57.6 Å². The van der Waals surface area contributed by atoms with Crippen LogP contribution in [0.2, 0.25) is 0 Å². The Hall–Kier alpha value is -2.58. The minimum absolute atomic E-state index is 0.209. The van der Waals surface area contributed by atoms with Crippen LogP contribution in [0.25, 0.3) is 0 Å². The van der Waals surface area contributed by atoms with Crippen molar-refractivity contribution in [3.63, 3.8) is 0 Å². The summed E-state index contributed by atoms with van der Waals surface area (Å²) in [7, 11) is 0. The van der Waals surface area contributed by atoms with Gasteiger partial charge in [0.2, 0.25) is 0 Å². The molecule has 2 N–H and O–H groups in total. The van der Waals surface area contributed by atoms with Crippen LogP contribution in [0.15, 0.2) is 40.9 Å². The summed E-state index contributed by atoms with van der Waals surface area (Å²) in [6, 6.07) is 12.0. The molecule has 0 unspecified atom stereocenters. The third-order valence-corrected chi connectivity index (χ3v) is 6.44. The summed E-state index contributed by atoms with van der Waals surface area (Å²) in [6.45, 7) is 5.93. The molecule has 0 radical (unpaired) electrons. The topological polar surface area (TPSA) is 97.1 Å². The molecule has 0 heterocycles. The number of hydrogen-bond acceptors (Lipinski definition) is 7. The largest absolute Gasteiger partial charge is 0.494 e. The molecule has 210 valence electrons. The zero-order valence-electron chi connectivity index (χ0n) is 22.8. The van der Waals surface area contributed by atoms with Crippen LogP contribution in [0.1, 0.15) is 75.5 Å². The lowest BCUT2D eigenvalue weighted by molar-refractivity contribution is -0.144. The standard InChI is InChI=1S/C30H42BrNO6/c1-3-35-29(33)14-10-18-38-28-13-9-12-24(27(28)15-16-30(34)36-4-2)11-7-5-6-8-17-37-26-20-23(22-32)19-25(31)21-26/h9,12-13,19-21H,3-8,10-11,14-18,22,32H2,1-2H3. The lowest BCUT2D eigenvalue weighted by Gasteiger charge is -2.16. The SMILES string of the molecule is CCOC(=O)CCCOc1cccc(CCCCCCOc2cc(Br)cc(CN)c2)c1CCC(=O)OCC. The van der Waals surface area contributed by atoms with Crippen molar-refractivity contribution < 1.29 is 28.5 Å². The Morgan fingerprint density at radius 1 is 0.816 bits per heavy atom. The van der Waals surface area contributed by atoms with Crippen LogP contribution in [-0.4, -0.2) is 38.4 Å². The molecular formula is C30H42BrNO6. The van der Waals surface area contributed by atoms with Gasteiger partial charge in [0.05, 0.1) is 26.4 Å². The first-order chi connectivity index (χ1) is 18.5. The van der Waals surface area contributed by atoms with E-state index in [-0.39, 0.29) is 11.9 Å². The Kier molecular flexibility index (Phi) is 15.5. The zero-order valence-corrected chi connectivity index (χ0v) is 24.4. The number of esters is 2. The van der Waals surface area contributed by atoms with Gasteiger partial charge in [0.1, 0.15) is 11.5 Å². The average Bonchev–Trinajstić information content (AvgIpc) is 2.90. The van der Waals surface area contributed by atoms with Gasteiger partial charge in [0.15, 0.2) is 0 Å². The minimum Gasteiger partial charge on any atom is -0.494 e. The molecule has 38 heavy (non-hydrogen) atoms. The molecule has 7 nitrogen and oxygen atoms in total. The predicted octanol–water partition coefficient (Wildman–Crippen LogP) is 6.31. The smallest absolute Gasteiger partial charge is 0.306 e. The van der Waals surface area contributed by atoms with Gasteiger partial charge in [-0.2, -0.15) is 0 Å². The molecule has 2 aromatic rings. The summed E-state index contributed by atoms with van der Waals surface area (Å²) in [5.74, 6) is 1.19. The minimum atomic E-state index is -0.213. The fourth-order valence-electron chi connectivity index (χ4n) is 4.14. The quantitative estimate of drug-likeness (QED) is 0.151. The molecule has 0 aromatic heterocycles. The molecule has 2 aromatic carbocycles. The fraction of sp³-hybridized carbons (Fsp3) is 0.533. The van der Waals surface area contributed by atoms with Gasteiger partial charge in [-0.1, -0.05) is 40.9 Å². The first-order valence-corrected chi connectivity index (χ1v) is 14.4. The fourth-order valence-corrected chi connectivity index (χ4v) is 4.66. The number of hydrogen-bond donors (Lipinski definition) is 1. The molecule has 8 heteroatoms. The number of rotatable bonds is 19. The van der Waals surface area contributed by atoms with Crippen LogP contribution >= 0.6 is 15.9 Å². The first-order valence-electron chi connectivity index (χ1n) is 13.6. The Morgan fingerprint density at radius 2 is 1.53 bits per heavy atom. The van der Waals surface area contributed by atoms with Crippen LogP contribution in [0, 0.1) is 0 Å². The van der Waals surface area contributed by atoms with Crippen LogP contribution in [-0.2, 0) is 38.4 Å². The number of carbonyl (C=O) groups excluding carboxylic acids is 2. The number of nitrogens with two attached hydrogens (primary N) is 1. The Labute approximate surface area is 235 Å². The summed E-state index contributed by atoms with van der Waals surface area (Å²) >= 11 is 3.50. The summed E-state index contributed by atoms with van der Waals surface area (Å²) in [5.41, 5.74) is 9.02. The third kappa shape index (κ3) is 12.3. The number of halogens is 1. The molecule has 0 aliphatic rings. The van der Waals surface area contributed by atoms with Crippen LogP contribution < -0.4 is 15.2 Å². The highest BCUT2D eigenvalue weighted by Crippen LogP contribution is 2.27. The van der Waals surface area contributed by atoms with E-state index in [1.54, 1.807) is 6.92 Å². The summed E-state index contributed by atoms with van der Waals surface area (Å²) < 4.78 is 23.0. The van der Waals surface area contributed by atoms with Gasteiger partial charge in [-0.05, 0) is 86.9 Å². The Bertz CT molecular complexity index is 997. The van der Waals surface area contributed by atoms with Gasteiger partial charge >= 0.3 is 11.9 Å². The lowest BCUT2D eigenvalue weighted by atomic mass is 9.96. The van der Waals surface area contributed by atoms with Gasteiger partial charge in [-0.15, -0.1) is 0 Å². The number of ether oxygens (including phenoxy) is 4. The molecule has 0 saturated heterocycles. The first kappa shape index (κ1) is 31.6. The highest BCUT2D eigenvalue weighted by molar-refractivity contribution is 9.10. The predicted molar refractivity (Wildman–Crippen MR) is 152 cm³/mol. The van der Waals surface area contributed by atoms with Gasteiger partial charge < -0.3 is 24.7 Å². The molecule has 0 aliphatic heterocycles. The van der Waals surface area contributed by atoms with E-state index in [4.69, 9.17) is 24.7 Å². The van der Waals surface area contributed by atoms with E-state index in [9.17, 15) is 9.59 Å². The van der Waals surface area contributed by atoms with Crippen molar-refractivity contribution in [1.29, 1.82) is 0 Å². The zero-order chi connectivity index (χ0) is 27.6. The maximum Gasteiger partial charge on any atom is 0.306 e. The van der Waals surface area contributed by atoms with Gasteiger partial charge in [0, 0.05) is 23.9 Å². The van der Waals surface area contributed by atoms with E-state index in [0.29, 0.717) is 58.7 Å². The lowest BCUT2D eigenvalue weighted by Crippen LogP contribution is -2.10. The van der Waals surface area contributed by atoms with E-state index in [2.05, 4.69) is 22.0 Å². The second-order valence-electron chi connectivity index (χ2n) is 8.97. The van der Waals surface area contributed by atoms with E-state index in [1.807, 2.05) is 37.3 Å². The second-order valence-corrected chi connectivity index (χ2v) is 9.88. The van der Waals surface area contributed by atoms with Crippen molar-refractivity contribution in [2.24, 2.45) is 5.73 Å². The van der Waals surface area contributed by atoms with Crippen LogP contribution in [0.4, 0.5) is 0 Å². The van der Waals surface area contributed by atoms with Gasteiger partial charge in [0.25, 0.3) is 0 Å². The number of benzene rings is 2. The van der Waals surface area contributed by atoms with Crippen molar-refractivity contribution in [1.82, 2.24) is 0 Å². The van der Waals surface area contributed by atoms with Gasteiger partial charge in [-0.25, -0.2) is 0 Å². The van der Waals surface area contributed by atoms with E-state index < -0.39 is 0 Å². The van der Waals surface area contributed by atoms with Crippen molar-refractivity contribution in [2.45, 2.75) is 78.2 Å². The molecule has 0 bridgehead atoms. The van der Waals surface area contributed by atoms with Crippen LogP contribution in [0.3, 0.4) is 0 Å². The highest BCUT2D eigenvalue weighted by atomic mass is 79.9. The normalized spacial score (nSPS) is 10.7. The third-order valence-electron chi connectivity index (χ3n) is 5.98. The maximum atomic E-state index is 12.0. The molecule has 0 amide bonds. The van der Waals surface area contributed by atoms with E-state index in [1.165, 1.54) is 5.56 Å². The molecule has 0 aliphatic carbocycles. The van der Waals surface area contributed by atoms with Crippen molar-refractivity contribution >= 4 is 27.9 Å². The number of unbranched alkanes of at least 4 members (excludes halogenated alkanes) is 3.